The Morgan fingerprint density at radius 3 is 2.85 bits per heavy atom. The molecule has 0 bridgehead atoms. The molecule has 0 saturated carbocycles. The Morgan fingerprint density at radius 2 is 2.04 bits per heavy atom. The van der Waals surface area contributed by atoms with Crippen LogP contribution < -0.4 is 10.6 Å². The number of likely N-dealkylation sites (N-methyl/N-ethyl adjacent to an activating group) is 1. The average molecular weight is 360 g/mol. The van der Waals surface area contributed by atoms with E-state index in [9.17, 15) is 4.79 Å². The van der Waals surface area contributed by atoms with Gasteiger partial charge in [0.2, 0.25) is 5.91 Å². The van der Waals surface area contributed by atoms with Crippen molar-refractivity contribution in [1.29, 1.82) is 0 Å². The third kappa shape index (κ3) is 2.44. The first-order valence-electron chi connectivity index (χ1n) is 9.66. The van der Waals surface area contributed by atoms with E-state index in [4.69, 9.17) is 4.74 Å². The maximum absolute atomic E-state index is 13.2. The van der Waals surface area contributed by atoms with Gasteiger partial charge in [-0.3, -0.25) is 25.2 Å². The highest BCUT2D eigenvalue weighted by Gasteiger charge is 2.57. The molecule has 4 unspecified atom stereocenters. The number of nitrogens with zero attached hydrogens (tertiary/aromatic N) is 4. The van der Waals surface area contributed by atoms with Crippen molar-refractivity contribution in [2.24, 2.45) is 0 Å². The number of allylic oxidation sites excluding steroid dienone is 2. The van der Waals surface area contributed by atoms with Crippen LogP contribution >= 0.6 is 0 Å². The van der Waals surface area contributed by atoms with Crippen molar-refractivity contribution in [2.75, 3.05) is 46.4 Å². The predicted octanol–water partition coefficient (Wildman–Crippen LogP) is -1.25. The summed E-state index contributed by atoms with van der Waals surface area (Å²) in [5, 5.41) is 7.24. The van der Waals surface area contributed by atoms with Gasteiger partial charge in [-0.25, -0.2) is 0 Å². The highest BCUT2D eigenvalue weighted by Crippen LogP contribution is 2.37. The fourth-order valence-corrected chi connectivity index (χ4v) is 4.96. The zero-order chi connectivity index (χ0) is 17.8. The number of rotatable bonds is 3. The normalized spacial score (nSPS) is 40.0. The van der Waals surface area contributed by atoms with Gasteiger partial charge in [-0.1, -0.05) is 12.2 Å². The number of hydrogen-bond donors (Lipinski definition) is 2. The number of carbonyl (C=O) groups excluding carboxylic acids is 1. The second-order valence-corrected chi connectivity index (χ2v) is 7.78. The third-order valence-corrected chi connectivity index (χ3v) is 6.39. The number of hydrogen-bond acceptors (Lipinski definition) is 7. The molecule has 4 heterocycles. The van der Waals surface area contributed by atoms with Crippen LogP contribution in [0.5, 0.6) is 0 Å². The second kappa shape index (κ2) is 6.31. The number of morpholine rings is 1. The van der Waals surface area contributed by atoms with Gasteiger partial charge in [-0.15, -0.1) is 0 Å². The molecule has 0 spiro atoms. The van der Waals surface area contributed by atoms with E-state index in [-0.39, 0.29) is 36.6 Å². The summed E-state index contributed by atoms with van der Waals surface area (Å²) < 4.78 is 5.44. The monoisotopic (exact) mass is 360 g/mol. The molecule has 4 saturated heterocycles. The quantitative estimate of drug-likeness (QED) is 0.652. The fourth-order valence-electron chi connectivity index (χ4n) is 4.96. The van der Waals surface area contributed by atoms with Crippen LogP contribution in [0.3, 0.4) is 0 Å². The first kappa shape index (κ1) is 16.7. The summed E-state index contributed by atoms with van der Waals surface area (Å²) >= 11 is 0. The smallest absolute Gasteiger partial charge is 0.245 e. The molecule has 0 aromatic carbocycles. The lowest BCUT2D eigenvalue weighted by Crippen LogP contribution is -2.68. The van der Waals surface area contributed by atoms with Crippen molar-refractivity contribution in [2.45, 2.75) is 37.6 Å². The fraction of sp³-hybridized carbons (Fsp3) is 0.722. The lowest BCUT2D eigenvalue weighted by molar-refractivity contribution is -0.150. The molecule has 0 radical (unpaired) electrons. The van der Waals surface area contributed by atoms with Crippen LogP contribution in [0.15, 0.2) is 23.9 Å². The Kier molecular flexibility index (Phi) is 4.06. The van der Waals surface area contributed by atoms with E-state index in [0.717, 1.165) is 39.4 Å². The summed E-state index contributed by atoms with van der Waals surface area (Å²) in [7, 11) is 1.91. The number of ether oxygens (including phenoxy) is 1. The zero-order valence-corrected chi connectivity index (χ0v) is 15.5. The van der Waals surface area contributed by atoms with Gasteiger partial charge in [0.25, 0.3) is 0 Å². The predicted molar refractivity (Wildman–Crippen MR) is 96.7 cm³/mol. The Bertz CT molecular complexity index is 646. The summed E-state index contributed by atoms with van der Waals surface area (Å²) in [6.45, 7) is 7.62. The molecule has 5 atom stereocenters. The average Bonchev–Trinajstić information content (AvgIpc) is 3.31. The zero-order valence-electron chi connectivity index (χ0n) is 15.5. The topological polar surface area (TPSA) is 63.3 Å². The number of carbonyl (C=O) groups is 1. The van der Waals surface area contributed by atoms with E-state index in [1.54, 1.807) is 0 Å². The lowest BCUT2D eigenvalue weighted by atomic mass is 10.1. The molecule has 5 rings (SSSR count). The van der Waals surface area contributed by atoms with Gasteiger partial charge in [0, 0.05) is 38.9 Å². The Labute approximate surface area is 154 Å². The first-order valence-corrected chi connectivity index (χ1v) is 9.66. The van der Waals surface area contributed by atoms with Gasteiger partial charge < -0.3 is 14.5 Å². The van der Waals surface area contributed by atoms with Crippen LogP contribution in [-0.4, -0.2) is 103 Å². The summed E-state index contributed by atoms with van der Waals surface area (Å²) in [6.07, 6.45) is 6.56. The third-order valence-electron chi connectivity index (χ3n) is 6.39. The van der Waals surface area contributed by atoms with Crippen molar-refractivity contribution in [3.05, 3.63) is 23.9 Å². The first-order chi connectivity index (χ1) is 12.6. The van der Waals surface area contributed by atoms with Gasteiger partial charge in [0.1, 0.15) is 12.2 Å². The molecule has 1 amide bonds. The molecule has 0 aromatic rings. The van der Waals surface area contributed by atoms with Crippen LogP contribution in [0.2, 0.25) is 0 Å². The molecule has 1 aliphatic carbocycles. The minimum Gasteiger partial charge on any atom is -0.379 e. The number of fused-ring (bicyclic) bond motifs is 5. The van der Waals surface area contributed by atoms with Crippen LogP contribution in [-0.2, 0) is 9.53 Å². The standard InChI is InChI=1S/C18H28N6O2/c1-12-19-16-15(23(12)7-6-22-8-10-26-11-9-22)17(25)21(2)18-20-13-4-3-5-14(13)24(16)18/h3-5,12-13,15-16,18-20H,6-11H2,1-2H3/t12-,13?,15?,16?,18?/m0/s1. The number of nitrogens with one attached hydrogen (secondary N) is 2. The van der Waals surface area contributed by atoms with Crippen molar-refractivity contribution in [1.82, 2.24) is 30.2 Å². The Morgan fingerprint density at radius 1 is 1.23 bits per heavy atom. The molecule has 8 heteroatoms. The molecule has 26 heavy (non-hydrogen) atoms. The van der Waals surface area contributed by atoms with Crippen LogP contribution in [0.4, 0.5) is 0 Å². The van der Waals surface area contributed by atoms with Crippen LogP contribution in [0.25, 0.3) is 0 Å². The molecule has 5 aliphatic rings. The van der Waals surface area contributed by atoms with Gasteiger partial charge in [-0.05, 0) is 13.0 Å². The minimum absolute atomic E-state index is 0.0204. The van der Waals surface area contributed by atoms with Gasteiger partial charge >= 0.3 is 0 Å². The molecule has 8 nitrogen and oxygen atoms in total. The molecule has 4 aliphatic heterocycles. The van der Waals surface area contributed by atoms with E-state index in [0.29, 0.717) is 0 Å². The molecule has 4 fully saturated rings. The maximum Gasteiger partial charge on any atom is 0.245 e. The van der Waals surface area contributed by atoms with E-state index < -0.39 is 0 Å². The largest absolute Gasteiger partial charge is 0.379 e. The van der Waals surface area contributed by atoms with E-state index in [1.165, 1.54) is 5.70 Å². The second-order valence-electron chi connectivity index (χ2n) is 7.78. The van der Waals surface area contributed by atoms with Gasteiger partial charge in [0.05, 0.1) is 25.4 Å². The Balaban J connectivity index is 1.36. The highest BCUT2D eigenvalue weighted by molar-refractivity contribution is 5.84. The highest BCUT2D eigenvalue weighted by atomic mass is 16.5. The van der Waals surface area contributed by atoms with Crippen molar-refractivity contribution in [3.8, 4) is 0 Å². The van der Waals surface area contributed by atoms with Crippen molar-refractivity contribution < 1.29 is 9.53 Å². The Hall–Kier alpha value is -1.45. The molecular weight excluding hydrogens is 332 g/mol. The van der Waals surface area contributed by atoms with E-state index in [2.05, 4.69) is 50.5 Å². The maximum atomic E-state index is 13.2. The van der Waals surface area contributed by atoms with E-state index in [1.807, 2.05) is 11.9 Å². The molecule has 2 N–H and O–H groups in total. The van der Waals surface area contributed by atoms with Crippen LogP contribution in [0.1, 0.15) is 6.92 Å². The van der Waals surface area contributed by atoms with Crippen molar-refractivity contribution in [3.63, 3.8) is 0 Å². The molecule has 142 valence electrons. The molecular formula is C18H28N6O2. The van der Waals surface area contributed by atoms with Crippen molar-refractivity contribution >= 4 is 5.91 Å². The lowest BCUT2D eigenvalue weighted by Gasteiger charge is -2.46. The summed E-state index contributed by atoms with van der Waals surface area (Å²) in [6, 6.07) is 0.0721. The minimum atomic E-state index is -0.144. The molecule has 0 aromatic heterocycles. The van der Waals surface area contributed by atoms with E-state index >= 15 is 0 Å². The SMILES string of the molecule is C[C@H]1NC2C(C(=O)N(C)C3NC4C=CC=C4N23)N1CCN1CCOCC1. The van der Waals surface area contributed by atoms with Crippen LogP contribution in [0, 0.1) is 0 Å². The summed E-state index contributed by atoms with van der Waals surface area (Å²) in [5.41, 5.74) is 1.26. The van der Waals surface area contributed by atoms with Gasteiger partial charge in [-0.2, -0.15) is 0 Å². The summed E-state index contributed by atoms with van der Waals surface area (Å²) in [4.78, 5) is 22.2. The summed E-state index contributed by atoms with van der Waals surface area (Å²) in [5.74, 6) is 0.201. The number of amides is 1. The van der Waals surface area contributed by atoms with Gasteiger partial charge in [0.15, 0.2) is 6.29 Å².